The highest BCUT2D eigenvalue weighted by Gasteiger charge is 2.33. The minimum Gasteiger partial charge on any atom is -0.324 e. The zero-order chi connectivity index (χ0) is 31.2. The van der Waals surface area contributed by atoms with E-state index >= 15 is 4.39 Å². The molecule has 1 aliphatic heterocycles. The molecule has 1 aliphatic carbocycles. The molecule has 13 heteroatoms. The number of rotatable bonds is 7. The highest BCUT2D eigenvalue weighted by Crippen LogP contribution is 2.32. The molecule has 1 saturated carbocycles. The second-order valence-corrected chi connectivity index (χ2v) is 11.7. The Kier molecular flexibility index (Phi) is 8.19. The lowest BCUT2D eigenvalue weighted by atomic mass is 9.90. The average molecular weight is 607 g/mol. The third-order valence-electron chi connectivity index (χ3n) is 8.03. The van der Waals surface area contributed by atoms with Crippen molar-refractivity contribution in [1.82, 2.24) is 14.0 Å². The standard InChI is InChI=1S/C30H31F5N4O4/c1-16(2)39-25-13-23(32)24(12-21(25)27(41)38(29(39)43)15-17-5-6-17)36-28(42)37-9-3-4-18(14-37)10-26(40)20-11-19(30(33,34)35)7-8-22(20)31/h7-8,11-13,16-18H,3-6,9-10,14-15H2,1-2H3,(H,36,42). The van der Waals surface area contributed by atoms with Gasteiger partial charge in [0.2, 0.25) is 0 Å². The minimum atomic E-state index is -4.74. The summed E-state index contributed by atoms with van der Waals surface area (Å²) in [6, 6.07) is 2.87. The minimum absolute atomic E-state index is 0.0362. The summed E-state index contributed by atoms with van der Waals surface area (Å²) in [7, 11) is 0. The quantitative estimate of drug-likeness (QED) is 0.265. The predicted molar refractivity (Wildman–Crippen MR) is 149 cm³/mol. The van der Waals surface area contributed by atoms with Crippen LogP contribution >= 0.6 is 0 Å². The zero-order valence-corrected chi connectivity index (χ0v) is 23.6. The number of halogens is 5. The number of piperidine rings is 1. The molecule has 0 bridgehead atoms. The van der Waals surface area contributed by atoms with Crippen molar-refractivity contribution >= 4 is 28.4 Å². The van der Waals surface area contributed by atoms with E-state index in [1.54, 1.807) is 13.8 Å². The highest BCUT2D eigenvalue weighted by atomic mass is 19.4. The number of benzene rings is 2. The molecule has 230 valence electrons. The first-order chi connectivity index (χ1) is 20.2. The summed E-state index contributed by atoms with van der Waals surface area (Å²) < 4.78 is 71.2. The number of hydrogen-bond acceptors (Lipinski definition) is 4. The Bertz CT molecular complexity index is 1710. The van der Waals surface area contributed by atoms with E-state index in [0.717, 1.165) is 23.5 Å². The van der Waals surface area contributed by atoms with E-state index in [-0.39, 0.29) is 54.6 Å². The molecule has 5 rings (SSSR count). The summed E-state index contributed by atoms with van der Waals surface area (Å²) in [5.41, 5.74) is -3.03. The first kappa shape index (κ1) is 30.4. The Morgan fingerprint density at radius 2 is 1.72 bits per heavy atom. The molecule has 2 fully saturated rings. The Labute approximate surface area is 243 Å². The van der Waals surface area contributed by atoms with E-state index in [2.05, 4.69) is 5.32 Å². The summed E-state index contributed by atoms with van der Waals surface area (Å²) >= 11 is 0. The van der Waals surface area contributed by atoms with Crippen molar-refractivity contribution in [1.29, 1.82) is 0 Å². The van der Waals surface area contributed by atoms with Crippen LogP contribution in [0.15, 0.2) is 39.9 Å². The van der Waals surface area contributed by atoms with Gasteiger partial charge in [-0.1, -0.05) is 0 Å². The lowest BCUT2D eigenvalue weighted by Gasteiger charge is -2.32. The van der Waals surface area contributed by atoms with Gasteiger partial charge in [-0.05, 0) is 75.6 Å². The van der Waals surface area contributed by atoms with Gasteiger partial charge in [-0.2, -0.15) is 13.2 Å². The molecule has 1 saturated heterocycles. The van der Waals surface area contributed by atoms with Crippen LogP contribution in [0.5, 0.6) is 0 Å². The number of amides is 2. The van der Waals surface area contributed by atoms with E-state index in [1.807, 2.05) is 0 Å². The maximum absolute atomic E-state index is 15.2. The number of Topliss-reactive ketones (excluding diaryl/α,β-unsaturated/α-hetero) is 1. The lowest BCUT2D eigenvalue weighted by Crippen LogP contribution is -2.43. The number of anilines is 1. The van der Waals surface area contributed by atoms with Gasteiger partial charge < -0.3 is 10.2 Å². The number of alkyl halides is 3. The molecule has 1 atom stereocenters. The van der Waals surface area contributed by atoms with Crippen LogP contribution in [-0.2, 0) is 12.7 Å². The Balaban J connectivity index is 1.35. The fourth-order valence-electron chi connectivity index (χ4n) is 5.61. The van der Waals surface area contributed by atoms with Crippen LogP contribution < -0.4 is 16.6 Å². The number of carbonyl (C=O) groups is 2. The summed E-state index contributed by atoms with van der Waals surface area (Å²) in [5, 5.41) is 2.56. The number of carbonyl (C=O) groups excluding carboxylic acids is 2. The lowest BCUT2D eigenvalue weighted by molar-refractivity contribution is -0.137. The van der Waals surface area contributed by atoms with Crippen LogP contribution in [0.1, 0.15) is 67.9 Å². The smallest absolute Gasteiger partial charge is 0.324 e. The fraction of sp³-hybridized carbons (Fsp3) is 0.467. The first-order valence-electron chi connectivity index (χ1n) is 14.2. The largest absolute Gasteiger partial charge is 0.416 e. The van der Waals surface area contributed by atoms with Crippen molar-refractivity contribution in [2.45, 2.75) is 64.7 Å². The van der Waals surface area contributed by atoms with Gasteiger partial charge in [0.25, 0.3) is 5.56 Å². The fourth-order valence-corrected chi connectivity index (χ4v) is 5.61. The van der Waals surface area contributed by atoms with Gasteiger partial charge in [0.05, 0.1) is 27.7 Å². The number of urea groups is 1. The van der Waals surface area contributed by atoms with Crippen LogP contribution in [0, 0.1) is 23.5 Å². The summed E-state index contributed by atoms with van der Waals surface area (Å²) in [6.45, 7) is 4.06. The predicted octanol–water partition coefficient (Wildman–Crippen LogP) is 5.97. The van der Waals surface area contributed by atoms with Crippen molar-refractivity contribution in [3.05, 3.63) is 73.9 Å². The van der Waals surface area contributed by atoms with E-state index < -0.39 is 57.9 Å². The van der Waals surface area contributed by atoms with Gasteiger partial charge in [0.1, 0.15) is 11.6 Å². The maximum Gasteiger partial charge on any atom is 0.416 e. The SMILES string of the molecule is CC(C)n1c(=O)n(CC2CC2)c(=O)c2cc(NC(=O)N3CCCC(CC(=O)c4cc(C(F)(F)F)ccc4F)C3)c(F)cc21. The van der Waals surface area contributed by atoms with E-state index in [0.29, 0.717) is 31.0 Å². The van der Waals surface area contributed by atoms with Crippen molar-refractivity contribution in [2.75, 3.05) is 18.4 Å². The number of nitrogens with one attached hydrogen (secondary N) is 1. The monoisotopic (exact) mass is 606 g/mol. The molecule has 0 spiro atoms. The van der Waals surface area contributed by atoms with Crippen LogP contribution in [0.2, 0.25) is 0 Å². The maximum atomic E-state index is 15.2. The van der Waals surface area contributed by atoms with Crippen molar-refractivity contribution < 1.29 is 31.5 Å². The van der Waals surface area contributed by atoms with Gasteiger partial charge in [-0.25, -0.2) is 18.4 Å². The van der Waals surface area contributed by atoms with Gasteiger partial charge in [0.15, 0.2) is 5.78 Å². The van der Waals surface area contributed by atoms with Gasteiger partial charge in [-0.15, -0.1) is 0 Å². The molecule has 0 radical (unpaired) electrons. The third-order valence-corrected chi connectivity index (χ3v) is 8.03. The van der Waals surface area contributed by atoms with E-state index in [1.165, 1.54) is 15.5 Å². The molecule has 2 aromatic carbocycles. The first-order valence-corrected chi connectivity index (χ1v) is 14.2. The summed E-state index contributed by atoms with van der Waals surface area (Å²) in [6.07, 6.45) is -2.26. The second kappa shape index (κ2) is 11.6. The zero-order valence-electron chi connectivity index (χ0n) is 23.6. The number of hydrogen-bond donors (Lipinski definition) is 1. The summed E-state index contributed by atoms with van der Waals surface area (Å²) in [5.74, 6) is -2.95. The number of fused-ring (bicyclic) bond motifs is 1. The molecule has 43 heavy (non-hydrogen) atoms. The van der Waals surface area contributed by atoms with E-state index in [4.69, 9.17) is 0 Å². The molecule has 3 aromatic rings. The number of likely N-dealkylation sites (tertiary alicyclic amines) is 1. The molecular formula is C30H31F5N4O4. The van der Waals surface area contributed by atoms with Crippen LogP contribution in [0.3, 0.4) is 0 Å². The average Bonchev–Trinajstić information content (AvgIpc) is 3.76. The van der Waals surface area contributed by atoms with Gasteiger partial charge in [0, 0.05) is 38.2 Å². The van der Waals surface area contributed by atoms with Crippen molar-refractivity contribution in [3.8, 4) is 0 Å². The number of aromatic nitrogens is 2. The molecule has 1 aromatic heterocycles. The molecule has 8 nitrogen and oxygen atoms in total. The Hall–Kier alpha value is -4.03. The molecule has 1 N–H and O–H groups in total. The Morgan fingerprint density at radius 3 is 2.37 bits per heavy atom. The van der Waals surface area contributed by atoms with Crippen LogP contribution in [0.4, 0.5) is 32.4 Å². The van der Waals surface area contributed by atoms with Crippen LogP contribution in [-0.4, -0.2) is 38.9 Å². The molecule has 2 heterocycles. The molecular weight excluding hydrogens is 575 g/mol. The highest BCUT2D eigenvalue weighted by molar-refractivity contribution is 5.97. The molecule has 1 unspecified atom stereocenters. The van der Waals surface area contributed by atoms with Crippen LogP contribution in [0.25, 0.3) is 10.9 Å². The normalized spacial score (nSPS) is 17.5. The third kappa shape index (κ3) is 6.35. The Morgan fingerprint density at radius 1 is 1.00 bits per heavy atom. The molecule has 2 aliphatic rings. The van der Waals surface area contributed by atoms with Crippen molar-refractivity contribution in [2.24, 2.45) is 11.8 Å². The topological polar surface area (TPSA) is 93.4 Å². The molecule has 2 amide bonds. The van der Waals surface area contributed by atoms with E-state index in [9.17, 15) is 36.7 Å². The number of nitrogens with zero attached hydrogens (tertiary/aromatic N) is 3. The van der Waals surface area contributed by atoms with Crippen molar-refractivity contribution in [3.63, 3.8) is 0 Å². The van der Waals surface area contributed by atoms with Gasteiger partial charge in [-0.3, -0.25) is 18.7 Å². The summed E-state index contributed by atoms with van der Waals surface area (Å²) in [4.78, 5) is 53.6. The number of ketones is 1. The second-order valence-electron chi connectivity index (χ2n) is 11.7. The van der Waals surface area contributed by atoms with Gasteiger partial charge >= 0.3 is 17.9 Å².